The number of anilines is 1. The second-order valence-corrected chi connectivity index (χ2v) is 5.53. The zero-order chi connectivity index (χ0) is 14.7. The molecular weight excluding hydrogens is 258 g/mol. The van der Waals surface area contributed by atoms with E-state index in [2.05, 4.69) is 15.7 Å². The van der Waals surface area contributed by atoms with Crippen LogP contribution in [-0.2, 0) is 16.1 Å². The van der Waals surface area contributed by atoms with Crippen LogP contribution in [0, 0.1) is 5.92 Å². The first-order valence-corrected chi connectivity index (χ1v) is 6.84. The Morgan fingerprint density at radius 3 is 2.80 bits per heavy atom. The van der Waals surface area contributed by atoms with E-state index in [-0.39, 0.29) is 24.3 Å². The Morgan fingerprint density at radius 1 is 1.50 bits per heavy atom. The first-order chi connectivity index (χ1) is 9.45. The number of nitrogens with two attached hydrogens (primary N) is 1. The minimum atomic E-state index is -0.559. The summed E-state index contributed by atoms with van der Waals surface area (Å²) in [4.78, 5) is 23.4. The maximum absolute atomic E-state index is 11.8. The number of carbonyl (C=O) groups excluding carboxylic acids is 2. The quantitative estimate of drug-likeness (QED) is 0.686. The lowest BCUT2D eigenvalue weighted by Gasteiger charge is -2.14. The van der Waals surface area contributed by atoms with Crippen LogP contribution in [0.15, 0.2) is 12.4 Å². The molecule has 0 radical (unpaired) electrons. The molecule has 20 heavy (non-hydrogen) atoms. The fraction of sp³-hybridized carbons (Fsp3) is 0.615. The number of rotatable bonds is 6. The third kappa shape index (κ3) is 4.06. The summed E-state index contributed by atoms with van der Waals surface area (Å²) in [7, 11) is 0. The van der Waals surface area contributed by atoms with Gasteiger partial charge in [-0.3, -0.25) is 14.3 Å². The average Bonchev–Trinajstić information content (AvgIpc) is 3.08. The van der Waals surface area contributed by atoms with Crippen LogP contribution < -0.4 is 16.4 Å². The molecule has 0 aliphatic heterocycles. The zero-order valence-electron chi connectivity index (χ0n) is 11.8. The van der Waals surface area contributed by atoms with Gasteiger partial charge in [0.1, 0.15) is 6.54 Å². The van der Waals surface area contributed by atoms with Crippen LogP contribution in [0.2, 0.25) is 0 Å². The van der Waals surface area contributed by atoms with Crippen LogP contribution in [0.5, 0.6) is 0 Å². The van der Waals surface area contributed by atoms with E-state index in [9.17, 15) is 9.59 Å². The number of hydrogen-bond donors (Lipinski definition) is 3. The van der Waals surface area contributed by atoms with Crippen molar-refractivity contribution in [2.24, 2.45) is 11.7 Å². The third-order valence-corrected chi connectivity index (χ3v) is 3.17. The molecular formula is C13H21N5O2. The highest BCUT2D eigenvalue weighted by atomic mass is 16.2. The number of nitrogens with one attached hydrogen (secondary N) is 2. The lowest BCUT2D eigenvalue weighted by molar-refractivity contribution is -0.122. The molecule has 1 aliphatic carbocycles. The van der Waals surface area contributed by atoms with Gasteiger partial charge < -0.3 is 16.4 Å². The van der Waals surface area contributed by atoms with Crippen LogP contribution in [0.4, 0.5) is 5.69 Å². The van der Waals surface area contributed by atoms with E-state index in [0.29, 0.717) is 11.7 Å². The molecule has 7 heteroatoms. The van der Waals surface area contributed by atoms with Crippen molar-refractivity contribution in [3.63, 3.8) is 0 Å². The van der Waals surface area contributed by atoms with Gasteiger partial charge in [0.15, 0.2) is 0 Å². The Hall–Kier alpha value is -1.89. The van der Waals surface area contributed by atoms with Crippen LogP contribution in [-0.4, -0.2) is 33.7 Å². The molecule has 0 bridgehead atoms. The minimum absolute atomic E-state index is 0.0626. The third-order valence-electron chi connectivity index (χ3n) is 3.17. The lowest BCUT2D eigenvalue weighted by atomic mass is 10.1. The fourth-order valence-electron chi connectivity index (χ4n) is 1.69. The Bertz CT molecular complexity index is 493. The Labute approximate surface area is 117 Å². The maximum Gasteiger partial charge on any atom is 0.241 e. The van der Waals surface area contributed by atoms with Crippen LogP contribution >= 0.6 is 0 Å². The SMILES string of the molecule is CC(C)C(N)C(=O)Nc1cnn(CC(=O)NC2CC2)c1. The van der Waals surface area contributed by atoms with E-state index in [0.717, 1.165) is 12.8 Å². The summed E-state index contributed by atoms with van der Waals surface area (Å²) in [6, 6.07) is -0.224. The number of nitrogens with zero attached hydrogens (tertiary/aromatic N) is 2. The zero-order valence-corrected chi connectivity index (χ0v) is 11.8. The number of amides is 2. The number of hydrogen-bond acceptors (Lipinski definition) is 4. The molecule has 4 N–H and O–H groups in total. The predicted molar refractivity (Wildman–Crippen MR) is 74.8 cm³/mol. The van der Waals surface area contributed by atoms with Crippen molar-refractivity contribution in [2.45, 2.75) is 45.3 Å². The van der Waals surface area contributed by atoms with Crippen molar-refractivity contribution in [2.75, 3.05) is 5.32 Å². The minimum Gasteiger partial charge on any atom is -0.352 e. The van der Waals surface area contributed by atoms with Gasteiger partial charge in [-0.2, -0.15) is 5.10 Å². The summed E-state index contributed by atoms with van der Waals surface area (Å²) in [6.07, 6.45) is 5.24. The molecule has 1 atom stereocenters. The van der Waals surface area contributed by atoms with E-state index in [1.165, 1.54) is 10.9 Å². The topological polar surface area (TPSA) is 102 Å². The molecule has 1 aromatic heterocycles. The second kappa shape index (κ2) is 6.04. The van der Waals surface area contributed by atoms with Gasteiger partial charge in [-0.15, -0.1) is 0 Å². The van der Waals surface area contributed by atoms with E-state index in [4.69, 9.17) is 5.73 Å². The lowest BCUT2D eigenvalue weighted by Crippen LogP contribution is -2.39. The summed E-state index contributed by atoms with van der Waals surface area (Å²) in [6.45, 7) is 3.92. The smallest absolute Gasteiger partial charge is 0.241 e. The molecule has 2 amide bonds. The monoisotopic (exact) mass is 279 g/mol. The molecule has 110 valence electrons. The predicted octanol–water partition coefficient (Wildman–Crippen LogP) is 0.0835. The van der Waals surface area contributed by atoms with E-state index in [1.54, 1.807) is 6.20 Å². The summed E-state index contributed by atoms with van der Waals surface area (Å²) in [5.74, 6) is -0.247. The molecule has 1 aliphatic rings. The van der Waals surface area contributed by atoms with E-state index in [1.807, 2.05) is 13.8 Å². The Kier molecular flexibility index (Phi) is 4.39. The highest BCUT2D eigenvalue weighted by Crippen LogP contribution is 2.18. The standard InChI is InChI=1S/C13H21N5O2/c1-8(2)12(14)13(20)17-10-5-15-18(6-10)7-11(19)16-9-3-4-9/h5-6,8-9,12H,3-4,7,14H2,1-2H3,(H,16,19)(H,17,20). The van der Waals surface area contributed by atoms with Crippen LogP contribution in [0.3, 0.4) is 0 Å². The van der Waals surface area contributed by atoms with E-state index < -0.39 is 6.04 Å². The molecule has 1 unspecified atom stereocenters. The fourth-order valence-corrected chi connectivity index (χ4v) is 1.69. The highest BCUT2D eigenvalue weighted by Gasteiger charge is 2.23. The van der Waals surface area contributed by atoms with Crippen molar-refractivity contribution < 1.29 is 9.59 Å². The van der Waals surface area contributed by atoms with E-state index >= 15 is 0 Å². The first-order valence-electron chi connectivity index (χ1n) is 6.84. The molecule has 2 rings (SSSR count). The van der Waals surface area contributed by atoms with Crippen molar-refractivity contribution >= 4 is 17.5 Å². The van der Waals surface area contributed by atoms with Gasteiger partial charge >= 0.3 is 0 Å². The normalized spacial score (nSPS) is 16.0. The molecule has 1 saturated carbocycles. The van der Waals surface area contributed by atoms with Gasteiger partial charge in [-0.1, -0.05) is 13.8 Å². The molecule has 0 spiro atoms. The molecule has 1 aromatic rings. The Balaban J connectivity index is 1.85. The highest BCUT2D eigenvalue weighted by molar-refractivity contribution is 5.94. The van der Waals surface area contributed by atoms with Gasteiger partial charge in [0.2, 0.25) is 11.8 Å². The molecule has 1 heterocycles. The molecule has 0 saturated heterocycles. The summed E-state index contributed by atoms with van der Waals surface area (Å²) >= 11 is 0. The van der Waals surface area contributed by atoms with Gasteiger partial charge in [-0.25, -0.2) is 0 Å². The average molecular weight is 279 g/mol. The molecule has 0 aromatic carbocycles. The van der Waals surface area contributed by atoms with Crippen LogP contribution in [0.25, 0.3) is 0 Å². The first kappa shape index (κ1) is 14.5. The maximum atomic E-state index is 11.8. The summed E-state index contributed by atoms with van der Waals surface area (Å²) in [5, 5.41) is 9.61. The van der Waals surface area contributed by atoms with Crippen molar-refractivity contribution in [1.29, 1.82) is 0 Å². The summed E-state index contributed by atoms with van der Waals surface area (Å²) in [5.41, 5.74) is 6.30. The molecule has 7 nitrogen and oxygen atoms in total. The number of aromatic nitrogens is 2. The van der Waals surface area contributed by atoms with Gasteiger partial charge in [0, 0.05) is 12.2 Å². The van der Waals surface area contributed by atoms with Gasteiger partial charge in [0.05, 0.1) is 17.9 Å². The van der Waals surface area contributed by atoms with Crippen molar-refractivity contribution in [3.05, 3.63) is 12.4 Å². The van der Waals surface area contributed by atoms with Crippen molar-refractivity contribution in [1.82, 2.24) is 15.1 Å². The number of carbonyl (C=O) groups is 2. The van der Waals surface area contributed by atoms with Gasteiger partial charge in [0.25, 0.3) is 0 Å². The van der Waals surface area contributed by atoms with Crippen molar-refractivity contribution in [3.8, 4) is 0 Å². The van der Waals surface area contributed by atoms with Crippen LogP contribution in [0.1, 0.15) is 26.7 Å². The largest absolute Gasteiger partial charge is 0.352 e. The second-order valence-electron chi connectivity index (χ2n) is 5.53. The summed E-state index contributed by atoms with van der Waals surface area (Å²) < 4.78 is 1.49. The van der Waals surface area contributed by atoms with Gasteiger partial charge in [-0.05, 0) is 18.8 Å². The molecule has 1 fully saturated rings. The Morgan fingerprint density at radius 2 is 2.20 bits per heavy atom.